The molecule has 104 valence electrons. The predicted octanol–water partition coefficient (Wildman–Crippen LogP) is 4.72. The van der Waals surface area contributed by atoms with Crippen molar-refractivity contribution in [3.05, 3.63) is 66.7 Å². The van der Waals surface area contributed by atoms with Gasteiger partial charge in [0.1, 0.15) is 6.29 Å². The van der Waals surface area contributed by atoms with Crippen molar-refractivity contribution < 1.29 is 4.79 Å². The summed E-state index contributed by atoms with van der Waals surface area (Å²) in [6.45, 7) is 0. The molecule has 0 saturated heterocycles. The van der Waals surface area contributed by atoms with Crippen LogP contribution in [0.3, 0.4) is 0 Å². The first-order chi connectivity index (χ1) is 10.9. The number of fused-ring (bicyclic) bond motifs is 6. The number of carbonyl (C=O) groups excluding carboxylic acids is 1. The van der Waals surface area contributed by atoms with E-state index in [1.54, 1.807) is 5.80 Å². The molecule has 0 aliphatic heterocycles. The lowest BCUT2D eigenvalue weighted by atomic mass is 9.94. The van der Waals surface area contributed by atoms with E-state index in [1.807, 2.05) is 0 Å². The zero-order chi connectivity index (χ0) is 14.9. The molecule has 2 heteroatoms. The van der Waals surface area contributed by atoms with E-state index >= 15 is 0 Å². The highest BCUT2D eigenvalue weighted by Gasteiger charge is 2.09. The smallest absolute Gasteiger partial charge is 0.147 e. The minimum Gasteiger partial charge on any atom is -0.298 e. The van der Waals surface area contributed by atoms with E-state index < -0.39 is 0 Å². The van der Waals surface area contributed by atoms with Gasteiger partial charge in [-0.25, -0.2) is 0 Å². The van der Waals surface area contributed by atoms with Crippen LogP contribution in [0.25, 0.3) is 32.3 Å². The topological polar surface area (TPSA) is 17.1 Å². The Labute approximate surface area is 130 Å². The number of benzene rings is 4. The van der Waals surface area contributed by atoms with E-state index in [1.165, 1.54) is 37.6 Å². The summed E-state index contributed by atoms with van der Waals surface area (Å²) >= 11 is 0. The molecule has 0 aliphatic carbocycles. The van der Waals surface area contributed by atoms with Crippen molar-refractivity contribution in [1.29, 1.82) is 0 Å². The Morgan fingerprint density at radius 3 is 1.73 bits per heavy atom. The Bertz CT molecular complexity index is 1000. The van der Waals surface area contributed by atoms with Crippen molar-refractivity contribution >= 4 is 57.9 Å². The van der Waals surface area contributed by atoms with Crippen LogP contribution in [0.15, 0.2) is 66.7 Å². The predicted molar refractivity (Wildman–Crippen MR) is 97.6 cm³/mol. The van der Waals surface area contributed by atoms with Gasteiger partial charge in [-0.1, -0.05) is 68.9 Å². The van der Waals surface area contributed by atoms with E-state index in [-0.39, 0.29) is 0 Å². The number of hydrogen-bond acceptors (Lipinski definition) is 1. The second-order valence-corrected chi connectivity index (χ2v) is 6.24. The molecule has 1 nitrogen and oxygen atoms in total. The van der Waals surface area contributed by atoms with Crippen LogP contribution in [0.1, 0.15) is 0 Å². The van der Waals surface area contributed by atoms with Gasteiger partial charge in [-0.05, 0) is 33.0 Å². The molecule has 4 aromatic rings. The molecule has 0 fully saturated rings. The first-order valence-electron chi connectivity index (χ1n) is 7.20. The van der Waals surface area contributed by atoms with Gasteiger partial charge in [0.15, 0.2) is 0 Å². The summed E-state index contributed by atoms with van der Waals surface area (Å²) in [5.41, 5.74) is 0. The molecule has 0 radical (unpaired) electrons. The van der Waals surface area contributed by atoms with Gasteiger partial charge in [0.25, 0.3) is 0 Å². The van der Waals surface area contributed by atoms with Crippen LogP contribution in [-0.4, -0.2) is 12.1 Å². The van der Waals surface area contributed by atoms with Gasteiger partial charge in [0.2, 0.25) is 0 Å². The van der Waals surface area contributed by atoms with Crippen LogP contribution in [0.4, 0.5) is 0 Å². The molecule has 0 aliphatic rings. The fourth-order valence-electron chi connectivity index (χ4n) is 3.15. The van der Waals surface area contributed by atoms with Crippen molar-refractivity contribution in [2.45, 2.75) is 0 Å². The molecule has 0 saturated carbocycles. The van der Waals surface area contributed by atoms with Crippen LogP contribution >= 0.6 is 8.20 Å². The van der Waals surface area contributed by atoms with Gasteiger partial charge in [-0.3, -0.25) is 4.79 Å². The van der Waals surface area contributed by atoms with Crippen LogP contribution in [-0.2, 0) is 4.79 Å². The SMILES string of the molecule is O=CC=Pc1cccc2c3ccccc3c3ccccc3c12. The molecule has 4 rings (SSSR count). The zero-order valence-corrected chi connectivity index (χ0v) is 12.8. The second-order valence-electron chi connectivity index (χ2n) is 5.21. The molecule has 0 unspecified atom stereocenters. The Balaban J connectivity index is 2.32. The van der Waals surface area contributed by atoms with Crippen LogP contribution in [0.5, 0.6) is 0 Å². The fraction of sp³-hybridized carbons (Fsp3) is 0. The third kappa shape index (κ3) is 1.94. The maximum Gasteiger partial charge on any atom is 0.147 e. The van der Waals surface area contributed by atoms with Crippen molar-refractivity contribution in [3.8, 4) is 0 Å². The maximum absolute atomic E-state index is 10.7. The number of rotatable bonds is 2. The molecule has 0 atom stereocenters. The monoisotopic (exact) mass is 300 g/mol. The van der Waals surface area contributed by atoms with Crippen LogP contribution in [0, 0.1) is 0 Å². The second kappa shape index (κ2) is 5.36. The summed E-state index contributed by atoms with van der Waals surface area (Å²) in [4.78, 5) is 10.7. The number of hydrogen-bond donors (Lipinski definition) is 0. The van der Waals surface area contributed by atoms with Crippen molar-refractivity contribution in [1.82, 2.24) is 0 Å². The summed E-state index contributed by atoms with van der Waals surface area (Å²) in [6.07, 6.45) is 0.865. The molecule has 0 spiro atoms. The molecular formula is C20H13OP. The average molecular weight is 300 g/mol. The average Bonchev–Trinajstić information content (AvgIpc) is 2.60. The van der Waals surface area contributed by atoms with Gasteiger partial charge in [-0.2, -0.15) is 0 Å². The lowest BCUT2D eigenvalue weighted by Gasteiger charge is -2.11. The van der Waals surface area contributed by atoms with Crippen molar-refractivity contribution in [3.63, 3.8) is 0 Å². The largest absolute Gasteiger partial charge is 0.298 e. The van der Waals surface area contributed by atoms with E-state index in [9.17, 15) is 4.79 Å². The highest BCUT2D eigenvalue weighted by atomic mass is 31.1. The molecule has 22 heavy (non-hydrogen) atoms. The summed E-state index contributed by atoms with van der Waals surface area (Å²) in [6, 6.07) is 23.4. The minimum atomic E-state index is 0.865. The lowest BCUT2D eigenvalue weighted by molar-refractivity contribution is -0.102. The molecule has 0 aromatic heterocycles. The third-order valence-corrected chi connectivity index (χ3v) is 4.94. The third-order valence-electron chi connectivity index (χ3n) is 4.02. The van der Waals surface area contributed by atoms with Crippen molar-refractivity contribution in [2.24, 2.45) is 0 Å². The Morgan fingerprint density at radius 1 is 0.636 bits per heavy atom. The molecule has 0 N–H and O–H groups in total. The summed E-state index contributed by atoms with van der Waals surface area (Å²) < 4.78 is 0. The zero-order valence-electron chi connectivity index (χ0n) is 11.9. The Kier molecular flexibility index (Phi) is 3.21. The molecule has 0 bridgehead atoms. The van der Waals surface area contributed by atoms with Gasteiger partial charge in [0, 0.05) is 16.5 Å². The van der Waals surface area contributed by atoms with Crippen LogP contribution in [0.2, 0.25) is 0 Å². The van der Waals surface area contributed by atoms with Gasteiger partial charge in [0.05, 0.1) is 0 Å². The van der Waals surface area contributed by atoms with Gasteiger partial charge in [-0.15, -0.1) is 0 Å². The normalized spacial score (nSPS) is 11.6. The number of carbonyl (C=O) groups is 1. The Morgan fingerprint density at radius 2 is 1.14 bits per heavy atom. The van der Waals surface area contributed by atoms with Gasteiger partial charge < -0.3 is 0 Å². The Hall–Kier alpha value is -2.50. The summed E-state index contributed by atoms with van der Waals surface area (Å²) in [5.74, 6) is 1.65. The first kappa shape index (κ1) is 13.2. The highest BCUT2D eigenvalue weighted by molar-refractivity contribution is 7.49. The lowest BCUT2D eigenvalue weighted by Crippen LogP contribution is -1.96. The standard InChI is InChI=1S/C20H13OP/c21-12-13-22-19-11-5-10-18-16-7-2-1-6-14(16)15-8-3-4-9-17(15)20(18)19/h1-13H. The summed E-state index contributed by atoms with van der Waals surface area (Å²) in [5, 5.41) is 8.72. The van der Waals surface area contributed by atoms with E-state index in [2.05, 4.69) is 66.7 Å². The quantitative estimate of drug-likeness (QED) is 0.297. The molecule has 4 aromatic carbocycles. The van der Waals surface area contributed by atoms with E-state index in [4.69, 9.17) is 0 Å². The van der Waals surface area contributed by atoms with Crippen molar-refractivity contribution in [2.75, 3.05) is 0 Å². The van der Waals surface area contributed by atoms with Gasteiger partial charge >= 0.3 is 0 Å². The first-order valence-corrected chi connectivity index (χ1v) is 8.16. The number of aldehydes is 1. The highest BCUT2D eigenvalue weighted by Crippen LogP contribution is 2.34. The fourth-order valence-corrected chi connectivity index (χ4v) is 3.92. The van der Waals surface area contributed by atoms with Crippen LogP contribution < -0.4 is 5.30 Å². The summed E-state index contributed by atoms with van der Waals surface area (Å²) in [7, 11) is 0.940. The molecule has 0 amide bonds. The van der Waals surface area contributed by atoms with E-state index in [0.29, 0.717) is 0 Å². The minimum absolute atomic E-state index is 0.865. The maximum atomic E-state index is 10.7. The van der Waals surface area contributed by atoms with E-state index in [0.717, 1.165) is 14.5 Å². The molecule has 0 heterocycles. The molecular weight excluding hydrogens is 287 g/mol.